The number of piperidine rings is 1. The molecule has 2 aromatic carbocycles. The first-order valence-electron chi connectivity index (χ1n) is 10.9. The zero-order valence-electron chi connectivity index (χ0n) is 17.6. The number of hydrogen-bond acceptors (Lipinski definition) is 3. The molecule has 0 amide bonds. The summed E-state index contributed by atoms with van der Waals surface area (Å²) in [6.45, 7) is 2.57. The largest absolute Gasteiger partial charge is 0.392 e. The molecule has 0 bridgehead atoms. The van der Waals surface area contributed by atoms with Crippen molar-refractivity contribution in [2.24, 2.45) is 0 Å². The van der Waals surface area contributed by atoms with Crippen LogP contribution in [0.3, 0.4) is 0 Å². The van der Waals surface area contributed by atoms with Gasteiger partial charge in [-0.25, -0.2) is 13.8 Å². The van der Waals surface area contributed by atoms with Crippen molar-refractivity contribution in [3.8, 4) is 22.3 Å². The Labute approximate surface area is 185 Å². The molecule has 1 atom stereocenters. The lowest BCUT2D eigenvalue weighted by atomic mass is 10.00. The predicted octanol–water partition coefficient (Wildman–Crippen LogP) is 5.79. The highest BCUT2D eigenvalue weighted by molar-refractivity contribution is 5.95. The number of aromatic amines is 1. The SMILES string of the molecule is OC1CCCN(Cc2ccc(-c3cnc4[nH]cc(-c5cccc(C(F)F)c5)c4c3)cc2)C1. The van der Waals surface area contributed by atoms with Crippen molar-refractivity contribution in [3.05, 3.63) is 78.1 Å². The maximum Gasteiger partial charge on any atom is 0.263 e. The molecule has 3 heterocycles. The number of nitrogens with one attached hydrogen (secondary N) is 1. The number of fused-ring (bicyclic) bond motifs is 1. The topological polar surface area (TPSA) is 52.1 Å². The molecule has 0 radical (unpaired) electrons. The van der Waals surface area contributed by atoms with E-state index in [1.807, 2.05) is 18.5 Å². The van der Waals surface area contributed by atoms with Crippen molar-refractivity contribution in [3.63, 3.8) is 0 Å². The monoisotopic (exact) mass is 433 g/mol. The third-order valence-corrected chi connectivity index (χ3v) is 6.15. The van der Waals surface area contributed by atoms with Crippen molar-refractivity contribution in [2.75, 3.05) is 13.1 Å². The van der Waals surface area contributed by atoms with Crippen molar-refractivity contribution >= 4 is 11.0 Å². The molecule has 0 spiro atoms. The average molecular weight is 434 g/mol. The summed E-state index contributed by atoms with van der Waals surface area (Å²) in [6.07, 6.45) is 2.84. The summed E-state index contributed by atoms with van der Waals surface area (Å²) >= 11 is 0. The lowest BCUT2D eigenvalue weighted by Crippen LogP contribution is -2.37. The van der Waals surface area contributed by atoms with E-state index in [-0.39, 0.29) is 11.7 Å². The molecule has 1 unspecified atom stereocenters. The van der Waals surface area contributed by atoms with Crippen LogP contribution in [0, 0.1) is 0 Å². The number of hydrogen-bond donors (Lipinski definition) is 2. The Morgan fingerprint density at radius 1 is 1.06 bits per heavy atom. The Kier molecular flexibility index (Phi) is 5.72. The zero-order chi connectivity index (χ0) is 22.1. The van der Waals surface area contributed by atoms with Gasteiger partial charge in [0.1, 0.15) is 5.65 Å². The van der Waals surface area contributed by atoms with Gasteiger partial charge >= 0.3 is 0 Å². The second-order valence-corrected chi connectivity index (χ2v) is 8.48. The maximum atomic E-state index is 13.2. The number of halogens is 2. The summed E-state index contributed by atoms with van der Waals surface area (Å²) in [6, 6.07) is 16.9. The van der Waals surface area contributed by atoms with Crippen LogP contribution in [-0.4, -0.2) is 39.2 Å². The van der Waals surface area contributed by atoms with Crippen LogP contribution in [0.25, 0.3) is 33.3 Å². The number of H-pyrrole nitrogens is 1. The normalized spacial score (nSPS) is 17.3. The number of pyridine rings is 1. The van der Waals surface area contributed by atoms with Gasteiger partial charge in [-0.15, -0.1) is 0 Å². The van der Waals surface area contributed by atoms with Gasteiger partial charge < -0.3 is 10.1 Å². The van der Waals surface area contributed by atoms with Gasteiger partial charge in [0.15, 0.2) is 0 Å². The summed E-state index contributed by atoms with van der Waals surface area (Å²) in [4.78, 5) is 9.98. The Morgan fingerprint density at radius 2 is 1.91 bits per heavy atom. The highest BCUT2D eigenvalue weighted by atomic mass is 19.3. The highest BCUT2D eigenvalue weighted by Crippen LogP contribution is 2.33. The number of alkyl halides is 2. The van der Waals surface area contributed by atoms with Gasteiger partial charge in [0.05, 0.1) is 6.10 Å². The van der Waals surface area contributed by atoms with Crippen molar-refractivity contribution < 1.29 is 13.9 Å². The number of aliphatic hydroxyl groups excluding tert-OH is 1. The van der Waals surface area contributed by atoms with Crippen molar-refractivity contribution in [1.82, 2.24) is 14.9 Å². The minimum atomic E-state index is -2.50. The predicted molar refractivity (Wildman–Crippen MR) is 122 cm³/mol. The maximum absolute atomic E-state index is 13.2. The van der Waals surface area contributed by atoms with Crippen molar-refractivity contribution in [2.45, 2.75) is 31.9 Å². The molecule has 1 aliphatic heterocycles. The van der Waals surface area contributed by atoms with Crippen LogP contribution in [0.5, 0.6) is 0 Å². The molecule has 1 saturated heterocycles. The van der Waals surface area contributed by atoms with Crippen LogP contribution < -0.4 is 0 Å². The Balaban J connectivity index is 1.41. The smallest absolute Gasteiger partial charge is 0.263 e. The third-order valence-electron chi connectivity index (χ3n) is 6.15. The van der Waals surface area contributed by atoms with Crippen LogP contribution in [-0.2, 0) is 6.54 Å². The van der Waals surface area contributed by atoms with Gasteiger partial charge in [-0.05, 0) is 48.2 Å². The van der Waals surface area contributed by atoms with E-state index in [2.05, 4.69) is 45.2 Å². The fourth-order valence-corrected chi connectivity index (χ4v) is 4.48. The lowest BCUT2D eigenvalue weighted by molar-refractivity contribution is 0.0668. The van der Waals surface area contributed by atoms with Gasteiger partial charge in [0.25, 0.3) is 6.43 Å². The average Bonchev–Trinajstić information content (AvgIpc) is 3.23. The number of β-amino-alcohol motifs (C(OH)–C–C–N with tert-alkyl or cyclic N) is 1. The minimum absolute atomic E-state index is 0.0118. The van der Waals surface area contributed by atoms with Gasteiger partial charge in [-0.1, -0.05) is 42.5 Å². The number of rotatable bonds is 5. The molecule has 4 aromatic rings. The summed E-state index contributed by atoms with van der Waals surface area (Å²) in [5.74, 6) is 0. The molecule has 32 heavy (non-hydrogen) atoms. The summed E-state index contributed by atoms with van der Waals surface area (Å²) in [5.41, 5.74) is 5.58. The first kappa shape index (κ1) is 20.8. The molecule has 0 saturated carbocycles. The van der Waals surface area contributed by atoms with Gasteiger partial charge in [0, 0.05) is 47.6 Å². The molecule has 5 rings (SSSR count). The van der Waals surface area contributed by atoms with E-state index in [1.54, 1.807) is 6.07 Å². The quantitative estimate of drug-likeness (QED) is 0.419. The first-order chi connectivity index (χ1) is 15.6. The van der Waals surface area contributed by atoms with E-state index in [0.29, 0.717) is 0 Å². The second-order valence-electron chi connectivity index (χ2n) is 8.48. The highest BCUT2D eigenvalue weighted by Gasteiger charge is 2.17. The van der Waals surface area contributed by atoms with E-state index >= 15 is 0 Å². The Bertz CT molecular complexity index is 1220. The molecule has 6 heteroatoms. The fourth-order valence-electron chi connectivity index (χ4n) is 4.48. The summed E-state index contributed by atoms with van der Waals surface area (Å²) < 4.78 is 26.3. The zero-order valence-corrected chi connectivity index (χ0v) is 17.6. The van der Waals surface area contributed by atoms with E-state index in [1.165, 1.54) is 17.7 Å². The molecule has 2 aromatic heterocycles. The number of aliphatic hydroxyl groups is 1. The number of aromatic nitrogens is 2. The molecular weight excluding hydrogens is 408 g/mol. The Morgan fingerprint density at radius 3 is 2.69 bits per heavy atom. The second kappa shape index (κ2) is 8.81. The van der Waals surface area contributed by atoms with Gasteiger partial charge in [-0.3, -0.25) is 4.90 Å². The third kappa shape index (κ3) is 4.29. The molecule has 2 N–H and O–H groups in total. The molecule has 1 fully saturated rings. The first-order valence-corrected chi connectivity index (χ1v) is 10.9. The minimum Gasteiger partial charge on any atom is -0.392 e. The fraction of sp³-hybridized carbons (Fsp3) is 0.269. The van der Waals surface area contributed by atoms with E-state index in [0.717, 1.165) is 65.8 Å². The summed E-state index contributed by atoms with van der Waals surface area (Å²) in [7, 11) is 0. The van der Waals surface area contributed by atoms with Crippen molar-refractivity contribution in [1.29, 1.82) is 0 Å². The molecule has 4 nitrogen and oxygen atoms in total. The van der Waals surface area contributed by atoms with E-state index in [9.17, 15) is 13.9 Å². The molecule has 1 aliphatic rings. The standard InChI is InChI=1S/C26H25F2N3O/c27-25(28)20-4-1-3-19(11-20)24-14-30-26-23(24)12-21(13-29-26)18-8-6-17(7-9-18)15-31-10-2-5-22(32)16-31/h1,3-4,6-9,11-14,22,25,32H,2,5,10,15-16H2,(H,29,30). The van der Waals surface area contributed by atoms with Crippen LogP contribution in [0.15, 0.2) is 67.0 Å². The molecular formula is C26H25F2N3O. The summed E-state index contributed by atoms with van der Waals surface area (Å²) in [5, 5.41) is 10.8. The van der Waals surface area contributed by atoms with E-state index in [4.69, 9.17) is 0 Å². The van der Waals surface area contributed by atoms with Gasteiger partial charge in [0.2, 0.25) is 0 Å². The number of nitrogens with zero attached hydrogens (tertiary/aromatic N) is 2. The van der Waals surface area contributed by atoms with Crippen LogP contribution in [0.4, 0.5) is 8.78 Å². The number of likely N-dealkylation sites (tertiary alicyclic amines) is 1. The van der Waals surface area contributed by atoms with Crippen LogP contribution in [0.2, 0.25) is 0 Å². The van der Waals surface area contributed by atoms with Gasteiger partial charge in [-0.2, -0.15) is 0 Å². The lowest BCUT2D eigenvalue weighted by Gasteiger charge is -2.29. The number of benzene rings is 2. The van der Waals surface area contributed by atoms with Crippen LogP contribution >= 0.6 is 0 Å². The molecule has 164 valence electrons. The van der Waals surface area contributed by atoms with Crippen LogP contribution in [0.1, 0.15) is 30.4 Å². The Hall–Kier alpha value is -3.09. The van der Waals surface area contributed by atoms with E-state index < -0.39 is 6.43 Å². The molecule has 0 aliphatic carbocycles.